The van der Waals surface area contributed by atoms with Crippen LogP contribution in [0.5, 0.6) is 5.75 Å². The van der Waals surface area contributed by atoms with Crippen molar-refractivity contribution in [2.24, 2.45) is 0 Å². The van der Waals surface area contributed by atoms with Crippen LogP contribution in [0.25, 0.3) is 0 Å². The van der Waals surface area contributed by atoms with E-state index in [1.165, 1.54) is 6.07 Å². The lowest BCUT2D eigenvalue weighted by atomic mass is 10.0. The molecule has 1 aliphatic heterocycles. The highest BCUT2D eigenvalue weighted by Gasteiger charge is 2.24. The Morgan fingerprint density at radius 2 is 1.97 bits per heavy atom. The minimum Gasteiger partial charge on any atom is -0.497 e. The zero-order valence-corrected chi connectivity index (χ0v) is 17.8. The molecule has 1 unspecified atom stereocenters. The molecule has 0 radical (unpaired) electrons. The number of amides is 1. The molecular weight excluding hydrogens is 414 g/mol. The van der Waals surface area contributed by atoms with Crippen molar-refractivity contribution in [2.45, 2.75) is 10.3 Å². The first-order chi connectivity index (χ1) is 14.0. The van der Waals surface area contributed by atoms with Crippen molar-refractivity contribution in [3.8, 4) is 5.75 Å². The third-order valence-electron chi connectivity index (χ3n) is 4.66. The Kier molecular flexibility index (Phi) is 7.62. The van der Waals surface area contributed by atoms with E-state index in [1.54, 1.807) is 18.6 Å². The summed E-state index contributed by atoms with van der Waals surface area (Å²) in [7, 11) is -2.05. The first kappa shape index (κ1) is 21.7. The molecule has 0 aliphatic carbocycles. The number of rotatable bonds is 9. The van der Waals surface area contributed by atoms with Crippen LogP contribution in [0, 0.1) is 0 Å². The molecule has 0 spiro atoms. The molecule has 2 aromatic rings. The fourth-order valence-corrected chi connectivity index (χ4v) is 5.11. The Labute approximate surface area is 174 Å². The van der Waals surface area contributed by atoms with Crippen molar-refractivity contribution < 1.29 is 22.7 Å². The van der Waals surface area contributed by atoms with Crippen molar-refractivity contribution in [3.05, 3.63) is 47.3 Å². The summed E-state index contributed by atoms with van der Waals surface area (Å²) in [6.45, 7) is 2.86. The van der Waals surface area contributed by atoms with Gasteiger partial charge >= 0.3 is 0 Å². The predicted molar refractivity (Wildman–Crippen MR) is 111 cm³/mol. The van der Waals surface area contributed by atoms with Crippen LogP contribution in [-0.4, -0.2) is 65.7 Å². The summed E-state index contributed by atoms with van der Waals surface area (Å²) in [5.74, 6) is 0.387. The highest BCUT2D eigenvalue weighted by molar-refractivity contribution is 7.91. The quantitative estimate of drug-likeness (QED) is 0.610. The number of nitrogens with zero attached hydrogens (tertiary/aromatic N) is 1. The molecule has 158 valence electrons. The zero-order chi connectivity index (χ0) is 20.7. The van der Waals surface area contributed by atoms with Crippen LogP contribution in [-0.2, 0) is 19.6 Å². The Morgan fingerprint density at radius 1 is 1.24 bits per heavy atom. The van der Waals surface area contributed by atoms with E-state index < -0.39 is 10.0 Å². The van der Waals surface area contributed by atoms with Gasteiger partial charge in [-0.3, -0.25) is 9.69 Å². The van der Waals surface area contributed by atoms with Gasteiger partial charge in [-0.15, -0.1) is 11.3 Å². The largest absolute Gasteiger partial charge is 0.497 e. The first-order valence-corrected chi connectivity index (χ1v) is 11.6. The minimum absolute atomic E-state index is 0.0392. The van der Waals surface area contributed by atoms with Crippen molar-refractivity contribution >= 4 is 27.3 Å². The highest BCUT2D eigenvalue weighted by atomic mass is 32.2. The van der Waals surface area contributed by atoms with Gasteiger partial charge in [-0.25, -0.2) is 13.1 Å². The summed E-state index contributed by atoms with van der Waals surface area (Å²) in [6.07, 6.45) is 0. The molecule has 8 nitrogen and oxygen atoms in total. The average Bonchev–Trinajstić information content (AvgIpc) is 3.30. The lowest BCUT2D eigenvalue weighted by Crippen LogP contribution is -2.45. The standard InChI is InChI=1S/C19H25N3O5S2/c1-26-16-6-4-15(5-7-16)17(22-8-10-27-11-9-22)13-20-18(23)14-21-29(24,25)19-3-2-12-28-19/h2-7,12,17,21H,8-11,13-14H2,1H3,(H,20,23). The van der Waals surface area contributed by atoms with Gasteiger partial charge in [-0.05, 0) is 29.1 Å². The Balaban J connectivity index is 1.60. The van der Waals surface area contributed by atoms with Crippen LogP contribution in [0.4, 0.5) is 0 Å². The molecule has 10 heteroatoms. The number of nitrogens with one attached hydrogen (secondary N) is 2. The minimum atomic E-state index is -3.66. The number of sulfonamides is 1. The number of ether oxygens (including phenoxy) is 2. The van der Waals surface area contributed by atoms with Gasteiger partial charge in [0, 0.05) is 19.6 Å². The van der Waals surface area contributed by atoms with E-state index in [0.29, 0.717) is 19.8 Å². The van der Waals surface area contributed by atoms with Crippen LogP contribution in [0.1, 0.15) is 11.6 Å². The maximum Gasteiger partial charge on any atom is 0.250 e. The van der Waals surface area contributed by atoms with Gasteiger partial charge in [0.15, 0.2) is 0 Å². The fourth-order valence-electron chi connectivity index (χ4n) is 3.09. The average molecular weight is 440 g/mol. The molecule has 2 heterocycles. The summed E-state index contributed by atoms with van der Waals surface area (Å²) in [5, 5.41) is 4.53. The molecule has 1 aromatic heterocycles. The molecule has 3 rings (SSSR count). The number of hydrogen-bond donors (Lipinski definition) is 2. The molecule has 1 aromatic carbocycles. The molecule has 1 fully saturated rings. The second kappa shape index (κ2) is 10.2. The summed E-state index contributed by atoms with van der Waals surface area (Å²) in [5.41, 5.74) is 1.05. The second-order valence-corrected chi connectivity index (χ2v) is 9.44. The first-order valence-electron chi connectivity index (χ1n) is 9.25. The number of morpholine rings is 1. The van der Waals surface area contributed by atoms with E-state index in [4.69, 9.17) is 9.47 Å². The lowest BCUT2D eigenvalue weighted by Gasteiger charge is -2.35. The maximum absolute atomic E-state index is 12.3. The molecule has 1 atom stereocenters. The highest BCUT2D eigenvalue weighted by Crippen LogP contribution is 2.23. The molecule has 1 saturated heterocycles. The third kappa shape index (κ3) is 6.00. The molecule has 0 bridgehead atoms. The SMILES string of the molecule is COc1ccc(C(CNC(=O)CNS(=O)(=O)c2cccs2)N2CCOCC2)cc1. The van der Waals surface area contributed by atoms with Crippen molar-refractivity contribution in [2.75, 3.05) is 46.5 Å². The van der Waals surface area contributed by atoms with E-state index in [1.807, 2.05) is 24.3 Å². The van der Waals surface area contributed by atoms with E-state index >= 15 is 0 Å². The molecular formula is C19H25N3O5S2. The second-order valence-electron chi connectivity index (χ2n) is 6.50. The predicted octanol–water partition coefficient (Wildman–Crippen LogP) is 1.22. The van der Waals surface area contributed by atoms with Crippen LogP contribution in [0.3, 0.4) is 0 Å². The monoisotopic (exact) mass is 439 g/mol. The van der Waals surface area contributed by atoms with Gasteiger partial charge in [0.25, 0.3) is 10.0 Å². The Bertz CT molecular complexity index is 879. The van der Waals surface area contributed by atoms with E-state index in [2.05, 4.69) is 14.9 Å². The molecule has 29 heavy (non-hydrogen) atoms. The number of carbonyl (C=O) groups is 1. The fraction of sp³-hybridized carbons (Fsp3) is 0.421. The van der Waals surface area contributed by atoms with Crippen molar-refractivity contribution in [1.29, 1.82) is 0 Å². The van der Waals surface area contributed by atoms with Crippen LogP contribution in [0.15, 0.2) is 46.0 Å². The number of carbonyl (C=O) groups excluding carboxylic acids is 1. The van der Waals surface area contributed by atoms with Crippen LogP contribution >= 0.6 is 11.3 Å². The van der Waals surface area contributed by atoms with Gasteiger partial charge in [-0.1, -0.05) is 18.2 Å². The number of thiophene rings is 1. The lowest BCUT2D eigenvalue weighted by molar-refractivity contribution is -0.120. The smallest absolute Gasteiger partial charge is 0.250 e. The number of benzene rings is 1. The van der Waals surface area contributed by atoms with Crippen molar-refractivity contribution in [1.82, 2.24) is 14.9 Å². The van der Waals surface area contributed by atoms with Gasteiger partial charge in [-0.2, -0.15) is 0 Å². The van der Waals surface area contributed by atoms with Crippen LogP contribution in [0.2, 0.25) is 0 Å². The van der Waals surface area contributed by atoms with Crippen LogP contribution < -0.4 is 14.8 Å². The van der Waals surface area contributed by atoms with Gasteiger partial charge < -0.3 is 14.8 Å². The Morgan fingerprint density at radius 3 is 2.59 bits per heavy atom. The van der Waals surface area contributed by atoms with Gasteiger partial charge in [0.2, 0.25) is 5.91 Å². The Hall–Kier alpha value is -1.98. The molecule has 2 N–H and O–H groups in total. The van der Waals surface area contributed by atoms with Gasteiger partial charge in [0.05, 0.1) is 32.9 Å². The summed E-state index contributed by atoms with van der Waals surface area (Å²) < 4.78 is 37.5. The van der Waals surface area contributed by atoms with E-state index in [0.717, 1.165) is 35.7 Å². The number of methoxy groups -OCH3 is 1. The topological polar surface area (TPSA) is 97.0 Å². The molecule has 1 aliphatic rings. The summed E-state index contributed by atoms with van der Waals surface area (Å²) in [4.78, 5) is 14.5. The normalized spacial score (nSPS) is 16.3. The summed E-state index contributed by atoms with van der Waals surface area (Å²) >= 11 is 1.11. The third-order valence-corrected chi connectivity index (χ3v) is 7.46. The van der Waals surface area contributed by atoms with Gasteiger partial charge in [0.1, 0.15) is 9.96 Å². The van der Waals surface area contributed by atoms with E-state index in [-0.39, 0.29) is 22.7 Å². The molecule has 0 saturated carbocycles. The maximum atomic E-state index is 12.3. The van der Waals surface area contributed by atoms with E-state index in [9.17, 15) is 13.2 Å². The van der Waals surface area contributed by atoms with Crippen molar-refractivity contribution in [3.63, 3.8) is 0 Å². The summed E-state index contributed by atoms with van der Waals surface area (Å²) in [6, 6.07) is 10.8. The zero-order valence-electron chi connectivity index (χ0n) is 16.2. The molecule has 1 amide bonds. The number of hydrogen-bond acceptors (Lipinski definition) is 7.